The summed E-state index contributed by atoms with van der Waals surface area (Å²) in [4.78, 5) is 22.1. The van der Waals surface area contributed by atoms with E-state index in [0.29, 0.717) is 11.5 Å². The first-order valence-electron chi connectivity index (χ1n) is 13.2. The SMILES string of the molecule is O=[N+]([O-])c1sc2ccccc2c1-c1ccc2c3ccccc3n(-c3nc(-c4ccccc4)c4ccccc4n3)c2c1. The molecule has 0 saturated carbocycles. The molecule has 3 aromatic heterocycles. The molecule has 7 heteroatoms. The second kappa shape index (κ2) is 9.08. The smallest absolute Gasteiger partial charge is 0.278 e. The highest BCUT2D eigenvalue weighted by Crippen LogP contribution is 2.45. The molecule has 0 spiro atoms. The third-order valence-corrected chi connectivity index (χ3v) is 8.67. The lowest BCUT2D eigenvalue weighted by Crippen LogP contribution is -2.03. The molecular weight excluding hydrogens is 528 g/mol. The first-order chi connectivity index (χ1) is 20.2. The molecule has 0 aliphatic carbocycles. The molecule has 8 rings (SSSR count). The maximum atomic E-state index is 12.1. The zero-order chi connectivity index (χ0) is 27.5. The summed E-state index contributed by atoms with van der Waals surface area (Å²) < 4.78 is 2.97. The van der Waals surface area contributed by atoms with Crippen LogP contribution in [0.1, 0.15) is 0 Å². The zero-order valence-electron chi connectivity index (χ0n) is 21.6. The number of para-hydroxylation sites is 2. The number of aromatic nitrogens is 3. The predicted octanol–water partition coefficient (Wildman–Crippen LogP) is 9.18. The topological polar surface area (TPSA) is 73.8 Å². The Morgan fingerprint density at radius 3 is 2.15 bits per heavy atom. The van der Waals surface area contributed by atoms with Crippen molar-refractivity contribution in [2.24, 2.45) is 0 Å². The lowest BCUT2D eigenvalue weighted by molar-refractivity contribution is -0.379. The molecule has 0 aliphatic rings. The molecule has 0 radical (unpaired) electrons. The van der Waals surface area contributed by atoms with Crippen LogP contribution in [-0.4, -0.2) is 19.5 Å². The van der Waals surface area contributed by atoms with E-state index in [9.17, 15) is 10.1 Å². The molecule has 0 amide bonds. The maximum Gasteiger partial charge on any atom is 0.333 e. The fourth-order valence-electron chi connectivity index (χ4n) is 5.76. The van der Waals surface area contributed by atoms with Crippen LogP contribution in [0.4, 0.5) is 5.00 Å². The predicted molar refractivity (Wildman–Crippen MR) is 167 cm³/mol. The van der Waals surface area contributed by atoms with E-state index in [4.69, 9.17) is 9.97 Å². The lowest BCUT2D eigenvalue weighted by Gasteiger charge is -2.12. The van der Waals surface area contributed by atoms with Crippen LogP contribution in [0.15, 0.2) is 121 Å². The lowest BCUT2D eigenvalue weighted by atomic mass is 10.0. The van der Waals surface area contributed by atoms with Gasteiger partial charge in [-0.05, 0) is 29.8 Å². The van der Waals surface area contributed by atoms with Gasteiger partial charge in [-0.1, -0.05) is 108 Å². The van der Waals surface area contributed by atoms with E-state index in [1.165, 1.54) is 11.3 Å². The molecule has 0 atom stereocenters. The van der Waals surface area contributed by atoms with Crippen LogP contribution in [0, 0.1) is 10.1 Å². The summed E-state index contributed by atoms with van der Waals surface area (Å²) in [6, 6.07) is 40.2. The molecule has 0 saturated heterocycles. The largest absolute Gasteiger partial charge is 0.333 e. The molecule has 194 valence electrons. The minimum absolute atomic E-state index is 0.140. The van der Waals surface area contributed by atoms with E-state index in [1.807, 2.05) is 91.0 Å². The molecule has 0 fully saturated rings. The van der Waals surface area contributed by atoms with Gasteiger partial charge in [0.15, 0.2) is 0 Å². The molecule has 0 bridgehead atoms. The van der Waals surface area contributed by atoms with Gasteiger partial charge in [0, 0.05) is 31.8 Å². The van der Waals surface area contributed by atoms with Crippen LogP contribution in [0.25, 0.3) is 71.1 Å². The highest BCUT2D eigenvalue weighted by molar-refractivity contribution is 7.22. The van der Waals surface area contributed by atoms with E-state index in [2.05, 4.69) is 34.9 Å². The minimum atomic E-state index is -0.279. The van der Waals surface area contributed by atoms with Gasteiger partial charge in [-0.2, -0.15) is 0 Å². The fourth-order valence-corrected chi connectivity index (χ4v) is 6.80. The quantitative estimate of drug-likeness (QED) is 0.162. The van der Waals surface area contributed by atoms with Crippen molar-refractivity contribution in [1.29, 1.82) is 0 Å². The van der Waals surface area contributed by atoms with Gasteiger partial charge in [0.2, 0.25) is 5.95 Å². The highest BCUT2D eigenvalue weighted by Gasteiger charge is 2.24. The Morgan fingerprint density at radius 2 is 1.32 bits per heavy atom. The summed E-state index contributed by atoms with van der Waals surface area (Å²) in [7, 11) is 0. The van der Waals surface area contributed by atoms with Crippen LogP contribution in [0.2, 0.25) is 0 Å². The van der Waals surface area contributed by atoms with Gasteiger partial charge in [-0.25, -0.2) is 9.97 Å². The number of thiophene rings is 1. The van der Waals surface area contributed by atoms with Gasteiger partial charge in [-0.15, -0.1) is 0 Å². The summed E-state index contributed by atoms with van der Waals surface area (Å²) in [5, 5.41) is 16.2. The first-order valence-corrected chi connectivity index (χ1v) is 14.0. The van der Waals surface area contributed by atoms with Crippen molar-refractivity contribution < 1.29 is 4.92 Å². The Balaban J connectivity index is 1.46. The van der Waals surface area contributed by atoms with E-state index in [1.54, 1.807) is 0 Å². The van der Waals surface area contributed by atoms with Crippen molar-refractivity contribution in [3.8, 4) is 28.3 Å². The summed E-state index contributed by atoms with van der Waals surface area (Å²) in [6.45, 7) is 0. The zero-order valence-corrected chi connectivity index (χ0v) is 22.4. The van der Waals surface area contributed by atoms with Gasteiger partial charge in [-0.3, -0.25) is 14.7 Å². The van der Waals surface area contributed by atoms with Gasteiger partial charge in [0.05, 0.1) is 32.7 Å². The monoisotopic (exact) mass is 548 g/mol. The van der Waals surface area contributed by atoms with Gasteiger partial charge in [0.25, 0.3) is 0 Å². The van der Waals surface area contributed by atoms with Crippen LogP contribution in [0.3, 0.4) is 0 Å². The second-order valence-electron chi connectivity index (χ2n) is 9.88. The van der Waals surface area contributed by atoms with Crippen LogP contribution < -0.4 is 0 Å². The molecule has 8 aromatic rings. The number of benzene rings is 5. The Bertz CT molecular complexity index is 2300. The Morgan fingerprint density at radius 1 is 0.634 bits per heavy atom. The standard InChI is InChI=1S/C34H20N4O2S/c39-38(40)33-31(26-14-6-9-17-30(26)41-33)22-18-19-24-23-12-5-8-16-28(23)37(29(24)20-22)34-35-27-15-7-4-13-25(27)32(36-34)21-10-2-1-3-11-21/h1-20H. The fraction of sp³-hybridized carbons (Fsp3) is 0. The molecule has 0 aliphatic heterocycles. The van der Waals surface area contributed by atoms with Gasteiger partial charge in [0.1, 0.15) is 0 Å². The van der Waals surface area contributed by atoms with E-state index < -0.39 is 0 Å². The van der Waals surface area contributed by atoms with Crippen molar-refractivity contribution in [2.45, 2.75) is 0 Å². The van der Waals surface area contributed by atoms with Crippen molar-refractivity contribution in [2.75, 3.05) is 0 Å². The van der Waals surface area contributed by atoms with Crippen molar-refractivity contribution >= 4 is 59.1 Å². The van der Waals surface area contributed by atoms with Gasteiger partial charge < -0.3 is 0 Å². The molecule has 0 unspecified atom stereocenters. The van der Waals surface area contributed by atoms with E-state index >= 15 is 0 Å². The summed E-state index contributed by atoms with van der Waals surface area (Å²) >= 11 is 1.21. The highest BCUT2D eigenvalue weighted by atomic mass is 32.1. The number of hydrogen-bond acceptors (Lipinski definition) is 5. The summed E-state index contributed by atoms with van der Waals surface area (Å²) in [5.41, 5.74) is 5.99. The molecular formula is C34H20N4O2S. The number of rotatable bonds is 4. The number of hydrogen-bond donors (Lipinski definition) is 0. The molecule has 6 nitrogen and oxygen atoms in total. The molecule has 3 heterocycles. The average molecular weight is 549 g/mol. The number of fused-ring (bicyclic) bond motifs is 5. The van der Waals surface area contributed by atoms with Crippen LogP contribution in [-0.2, 0) is 0 Å². The summed E-state index contributed by atoms with van der Waals surface area (Å²) in [5.74, 6) is 0.551. The summed E-state index contributed by atoms with van der Waals surface area (Å²) in [6.07, 6.45) is 0. The van der Waals surface area contributed by atoms with Crippen LogP contribution >= 0.6 is 11.3 Å². The molecule has 5 aromatic carbocycles. The first kappa shape index (κ1) is 23.5. The third-order valence-electron chi connectivity index (χ3n) is 7.54. The van der Waals surface area contributed by atoms with Crippen molar-refractivity contribution in [3.63, 3.8) is 0 Å². The van der Waals surface area contributed by atoms with E-state index in [-0.39, 0.29) is 9.92 Å². The Hall–Kier alpha value is -5.40. The van der Waals surface area contributed by atoms with E-state index in [0.717, 1.165) is 59.6 Å². The maximum absolute atomic E-state index is 12.1. The van der Waals surface area contributed by atoms with Crippen molar-refractivity contribution in [1.82, 2.24) is 14.5 Å². The third kappa shape index (κ3) is 3.63. The van der Waals surface area contributed by atoms with Crippen molar-refractivity contribution in [3.05, 3.63) is 131 Å². The van der Waals surface area contributed by atoms with Crippen LogP contribution in [0.5, 0.6) is 0 Å². The minimum Gasteiger partial charge on any atom is -0.278 e. The average Bonchev–Trinajstić information content (AvgIpc) is 3.57. The van der Waals surface area contributed by atoms with Gasteiger partial charge >= 0.3 is 5.00 Å². The normalized spacial score (nSPS) is 11.6. The number of nitro groups is 1. The Labute approximate surface area is 237 Å². The Kier molecular flexibility index (Phi) is 5.20. The number of nitrogens with zero attached hydrogens (tertiary/aromatic N) is 4. The molecule has 41 heavy (non-hydrogen) atoms. The second-order valence-corrected chi connectivity index (χ2v) is 10.9. The molecule has 0 N–H and O–H groups in total.